The van der Waals surface area contributed by atoms with Crippen molar-refractivity contribution in [2.45, 2.75) is 125 Å². The van der Waals surface area contributed by atoms with Crippen LogP contribution in [-0.4, -0.2) is 176 Å². The maximum atomic E-state index is 14.5. The van der Waals surface area contributed by atoms with E-state index in [2.05, 4.69) is 62.5 Å². The third kappa shape index (κ3) is 25.1. The van der Waals surface area contributed by atoms with Crippen molar-refractivity contribution in [3.8, 4) is 11.1 Å². The molecule has 82 heavy (non-hydrogen) atoms. The summed E-state index contributed by atoms with van der Waals surface area (Å²) >= 11 is 0. The van der Waals surface area contributed by atoms with Crippen LogP contribution in [0.3, 0.4) is 0 Å². The number of rotatable bonds is 25. The molecule has 1 saturated heterocycles. The van der Waals surface area contributed by atoms with E-state index in [4.69, 9.17) is 51.6 Å². The highest BCUT2D eigenvalue weighted by Gasteiger charge is 2.36. The van der Waals surface area contributed by atoms with Crippen molar-refractivity contribution in [1.82, 2.24) is 42.5 Å². The van der Waals surface area contributed by atoms with E-state index in [-0.39, 0.29) is 127 Å². The smallest absolute Gasteiger partial charge is 0.245 e. The highest BCUT2D eigenvalue weighted by molar-refractivity contribution is 5.99. The maximum Gasteiger partial charge on any atom is 0.245 e. The van der Waals surface area contributed by atoms with E-state index in [9.17, 15) is 48.6 Å². The van der Waals surface area contributed by atoms with E-state index in [0.717, 1.165) is 11.1 Å². The minimum atomic E-state index is -1.77. The summed E-state index contributed by atoms with van der Waals surface area (Å²) in [5.41, 5.74) is 52.3. The molecule has 0 bridgehead atoms. The van der Waals surface area contributed by atoms with E-state index < -0.39 is 109 Å². The molecule has 1 heterocycles. The molecule has 0 unspecified atom stereocenters. The Balaban J connectivity index is 2.24. The van der Waals surface area contributed by atoms with Gasteiger partial charge in [-0.15, -0.1) is 0 Å². The Morgan fingerprint density at radius 1 is 0.354 bits per heavy atom. The van der Waals surface area contributed by atoms with Gasteiger partial charge < -0.3 is 104 Å². The summed E-state index contributed by atoms with van der Waals surface area (Å²) in [7, 11) is 0. The summed E-state index contributed by atoms with van der Waals surface area (Å²) in [4.78, 5) is 131. The number of nitrogens with one attached hydrogen (secondary N) is 8. The summed E-state index contributed by atoms with van der Waals surface area (Å²) in [6, 6.07) is 4.02. The Bertz CT molecular complexity index is 2520. The van der Waals surface area contributed by atoms with Crippen molar-refractivity contribution < 1.29 is 48.6 Å². The van der Waals surface area contributed by atoms with Gasteiger partial charge >= 0.3 is 0 Å². The molecule has 1 aliphatic heterocycles. The number of nitrogens with two attached hydrogens (primary N) is 9. The number of amides is 8. The molecule has 31 nitrogen and oxygen atoms in total. The number of unbranched alkanes of at least 4 members (excludes halogenated alkanes) is 1. The van der Waals surface area contributed by atoms with Crippen molar-refractivity contribution >= 4 is 71.1 Å². The minimum Gasteiger partial charge on any atom is -0.394 e. The molecule has 0 spiro atoms. The van der Waals surface area contributed by atoms with Crippen LogP contribution in [0.25, 0.3) is 11.1 Å². The van der Waals surface area contributed by atoms with E-state index >= 15 is 0 Å². The predicted octanol–water partition coefficient (Wildman–Crippen LogP) is -6.88. The zero-order chi connectivity index (χ0) is 60.6. The summed E-state index contributed by atoms with van der Waals surface area (Å²) < 4.78 is 0. The average Bonchev–Trinajstić information content (AvgIpc) is 3.51. The third-order valence-electron chi connectivity index (χ3n) is 12.7. The van der Waals surface area contributed by atoms with Gasteiger partial charge in [0.05, 0.1) is 13.2 Å². The number of aliphatic imine (C=N–C) groups is 4. The standard InChI is InChI=1S/C51H83N21O10/c52-21-5-4-12-32-44(79)71-39(28-74)47(82)70-37(26-29-17-19-31(20-18-29)30-10-2-1-3-11-30)45(80)72-38(27-73)46(81)69-36(16-9-25-64-51(59)60)43(78)68-35(15-8-24-63-50(57)58)42(77)67-34(14-7-23-62-49(55)56)41(76)66-33(40(75)65-32)13-6-22-61-48(53)54/h1-3,10-11,17-20,32-39,73-74H,4-9,12-16,21-28,52H2,(H,65,75)(H,66,76)(H,67,77)(H,68,78)(H,69,81)(H,70,82)(H,71,79)(H,72,80)(H4,53,54,61)(H4,55,56,62)(H4,57,58,63)(H4,59,60,64)/t32-,33-,34-,35+,36+,37-,38-,39-/m0/s1. The summed E-state index contributed by atoms with van der Waals surface area (Å²) in [6.07, 6.45) is 0.166. The van der Waals surface area contributed by atoms with Gasteiger partial charge in [0.1, 0.15) is 48.3 Å². The first-order valence-electron chi connectivity index (χ1n) is 26.9. The van der Waals surface area contributed by atoms with Crippen LogP contribution in [0.15, 0.2) is 74.6 Å². The number of nitrogens with zero attached hydrogens (tertiary/aromatic N) is 4. The number of benzene rings is 2. The van der Waals surface area contributed by atoms with Crippen LogP contribution in [0.4, 0.5) is 0 Å². The average molecular weight is 1150 g/mol. The molecule has 31 heteroatoms. The Kier molecular flexibility index (Phi) is 30.0. The Morgan fingerprint density at radius 2 is 0.622 bits per heavy atom. The van der Waals surface area contributed by atoms with Crippen LogP contribution in [0.5, 0.6) is 0 Å². The molecule has 452 valence electrons. The van der Waals surface area contributed by atoms with Gasteiger partial charge in [-0.25, -0.2) is 0 Å². The molecule has 2 aromatic carbocycles. The van der Waals surface area contributed by atoms with Crippen LogP contribution in [0, 0.1) is 0 Å². The highest BCUT2D eigenvalue weighted by atomic mass is 16.3. The Hall–Kier alpha value is -8.84. The number of hydrogen-bond donors (Lipinski definition) is 19. The Labute approximate surface area is 475 Å². The highest BCUT2D eigenvalue weighted by Crippen LogP contribution is 2.20. The molecule has 2 aromatic rings. The van der Waals surface area contributed by atoms with Gasteiger partial charge in [0, 0.05) is 32.6 Å². The van der Waals surface area contributed by atoms with Crippen LogP contribution >= 0.6 is 0 Å². The van der Waals surface area contributed by atoms with Gasteiger partial charge in [-0.05, 0) is 93.9 Å². The second kappa shape index (κ2) is 36.4. The summed E-state index contributed by atoms with van der Waals surface area (Å²) in [6.45, 7) is -1.86. The molecule has 1 fully saturated rings. The van der Waals surface area contributed by atoms with E-state index in [1.165, 1.54) is 0 Å². The molecule has 8 atom stereocenters. The van der Waals surface area contributed by atoms with E-state index in [0.29, 0.717) is 12.0 Å². The fourth-order valence-corrected chi connectivity index (χ4v) is 8.33. The number of hydrogen-bond acceptors (Lipinski definition) is 15. The molecular formula is C51H83N21O10. The first-order chi connectivity index (χ1) is 39.1. The van der Waals surface area contributed by atoms with E-state index in [1.807, 2.05) is 30.3 Å². The number of aliphatic hydroxyl groups excluding tert-OH is 2. The first-order valence-corrected chi connectivity index (χ1v) is 26.9. The quantitative estimate of drug-likeness (QED) is 0.0250. The lowest BCUT2D eigenvalue weighted by Gasteiger charge is -2.29. The molecule has 8 amide bonds. The Morgan fingerprint density at radius 3 is 0.927 bits per heavy atom. The number of guanidine groups is 4. The lowest BCUT2D eigenvalue weighted by atomic mass is 10.00. The van der Waals surface area contributed by atoms with E-state index in [1.54, 1.807) is 24.3 Å². The lowest BCUT2D eigenvalue weighted by Crippen LogP contribution is -2.62. The van der Waals surface area contributed by atoms with Crippen molar-refractivity contribution in [3.05, 3.63) is 60.2 Å². The van der Waals surface area contributed by atoms with Crippen molar-refractivity contribution in [1.29, 1.82) is 0 Å². The zero-order valence-electron chi connectivity index (χ0n) is 45.9. The monoisotopic (exact) mass is 1150 g/mol. The van der Waals surface area contributed by atoms with Gasteiger partial charge in [0.15, 0.2) is 23.8 Å². The third-order valence-corrected chi connectivity index (χ3v) is 12.7. The molecular weight excluding hydrogens is 1070 g/mol. The number of carbonyl (C=O) groups excluding carboxylic acids is 8. The van der Waals surface area contributed by atoms with Crippen LogP contribution in [-0.2, 0) is 44.8 Å². The zero-order valence-corrected chi connectivity index (χ0v) is 45.9. The van der Waals surface area contributed by atoms with Gasteiger partial charge in [0.25, 0.3) is 0 Å². The van der Waals surface area contributed by atoms with Gasteiger partial charge in [-0.2, -0.15) is 0 Å². The topological polar surface area (TPSA) is 557 Å². The molecule has 0 aromatic heterocycles. The minimum absolute atomic E-state index is 0.00397. The largest absolute Gasteiger partial charge is 0.394 e. The van der Waals surface area contributed by atoms with Crippen LogP contribution in [0.2, 0.25) is 0 Å². The maximum absolute atomic E-state index is 14.5. The van der Waals surface area contributed by atoms with Crippen molar-refractivity contribution in [2.24, 2.45) is 71.6 Å². The van der Waals surface area contributed by atoms with Gasteiger partial charge in [-0.3, -0.25) is 58.3 Å². The second-order valence-electron chi connectivity index (χ2n) is 19.2. The summed E-state index contributed by atoms with van der Waals surface area (Å²) in [5, 5.41) is 41.7. The molecule has 0 radical (unpaired) electrons. The second-order valence-corrected chi connectivity index (χ2v) is 19.2. The van der Waals surface area contributed by atoms with Crippen LogP contribution < -0.4 is 94.1 Å². The molecule has 3 rings (SSSR count). The lowest BCUT2D eigenvalue weighted by molar-refractivity contribution is -0.137. The number of carbonyl (C=O) groups is 8. The molecule has 0 saturated carbocycles. The van der Waals surface area contributed by atoms with Crippen LogP contribution in [0.1, 0.15) is 76.2 Å². The SMILES string of the molecule is NCCCC[C@@H]1NC(=O)[C@H](CCCN=C(N)N)NC(=O)[C@H](CCCN=C(N)N)NC(=O)[C@@H](CCCN=C(N)N)NC(=O)[C@@H](CCCN=C(N)N)NC(=O)[C@H](CO)NC(=O)[C@H](Cc2ccc(-c3ccccc3)cc2)NC(=O)[C@H](CO)NC1=O. The van der Waals surface area contributed by atoms with Crippen molar-refractivity contribution in [2.75, 3.05) is 45.9 Å². The first kappa shape index (κ1) is 67.4. The van der Waals surface area contributed by atoms with Gasteiger partial charge in [0.2, 0.25) is 47.3 Å². The molecule has 28 N–H and O–H groups in total. The molecule has 1 aliphatic rings. The fourth-order valence-electron chi connectivity index (χ4n) is 8.33. The molecule has 0 aliphatic carbocycles. The number of aliphatic hydroxyl groups is 2. The summed E-state index contributed by atoms with van der Waals surface area (Å²) in [5.74, 6) is -8.75. The fraction of sp³-hybridized carbons (Fsp3) is 0.529. The normalized spacial score (nSPS) is 21.7. The predicted molar refractivity (Wildman–Crippen MR) is 308 cm³/mol. The van der Waals surface area contributed by atoms with Crippen molar-refractivity contribution in [3.63, 3.8) is 0 Å². The van der Waals surface area contributed by atoms with Gasteiger partial charge in [-0.1, -0.05) is 54.6 Å².